The average molecular weight is 799 g/mol. The van der Waals surface area contributed by atoms with Crippen LogP contribution in [0.15, 0.2) is 206 Å². The molecule has 3 heterocycles. The highest BCUT2D eigenvalue weighted by atomic mass is 32.1. The second kappa shape index (κ2) is 13.1. The second-order valence-corrected chi connectivity index (χ2v) is 17.8. The van der Waals surface area contributed by atoms with Gasteiger partial charge in [0.1, 0.15) is 0 Å². The number of anilines is 3. The molecule has 0 spiro atoms. The van der Waals surface area contributed by atoms with Gasteiger partial charge in [-0.25, -0.2) is 0 Å². The summed E-state index contributed by atoms with van der Waals surface area (Å²) in [5, 5.41) is 12.7. The number of rotatable bonds is 5. The normalized spacial score (nSPS) is 12.0. The molecule has 0 amide bonds. The lowest BCUT2D eigenvalue weighted by molar-refractivity contribution is 1.19. The summed E-state index contributed by atoms with van der Waals surface area (Å²) in [5.41, 5.74) is 9.51. The van der Waals surface area contributed by atoms with Gasteiger partial charge in [0.2, 0.25) is 0 Å². The largest absolute Gasteiger partial charge is 0.309 e. The van der Waals surface area contributed by atoms with Gasteiger partial charge in [0.15, 0.2) is 0 Å². The zero-order valence-corrected chi connectivity index (χ0v) is 34.0. The minimum absolute atomic E-state index is 1.12. The predicted octanol–water partition coefficient (Wildman–Crippen LogP) is 17.0. The summed E-state index contributed by atoms with van der Waals surface area (Å²) in [5.74, 6) is 0. The molecule has 0 saturated heterocycles. The van der Waals surface area contributed by atoms with Crippen molar-refractivity contribution in [1.29, 1.82) is 0 Å². The zero-order chi connectivity index (χ0) is 39.3. The van der Waals surface area contributed by atoms with Gasteiger partial charge in [0.25, 0.3) is 0 Å². The molecule has 0 aliphatic rings. The van der Waals surface area contributed by atoms with Gasteiger partial charge in [-0.3, -0.25) is 0 Å². The molecule has 2 nitrogen and oxygen atoms in total. The second-order valence-electron chi connectivity index (χ2n) is 15.7. The fourth-order valence-corrected chi connectivity index (χ4v) is 12.0. The third-order valence-electron chi connectivity index (χ3n) is 12.3. The number of hydrogen-bond acceptors (Lipinski definition) is 3. The lowest BCUT2D eigenvalue weighted by Crippen LogP contribution is -2.10. The first-order valence-corrected chi connectivity index (χ1v) is 22.0. The van der Waals surface area contributed by atoms with Gasteiger partial charge in [0, 0.05) is 68.7 Å². The van der Waals surface area contributed by atoms with Crippen LogP contribution in [0, 0.1) is 0 Å². The van der Waals surface area contributed by atoms with Crippen molar-refractivity contribution in [3.05, 3.63) is 206 Å². The molecule has 0 fully saturated rings. The van der Waals surface area contributed by atoms with Crippen molar-refractivity contribution < 1.29 is 0 Å². The Morgan fingerprint density at radius 2 is 0.933 bits per heavy atom. The Bertz CT molecular complexity index is 3840. The van der Waals surface area contributed by atoms with Crippen molar-refractivity contribution in [2.45, 2.75) is 0 Å². The van der Waals surface area contributed by atoms with E-state index in [9.17, 15) is 0 Å². The van der Waals surface area contributed by atoms with Crippen LogP contribution in [0.5, 0.6) is 0 Å². The standard InChI is InChI=1S/C56H34N2S2/c1-2-15-38-32-52-47(31-37(38)14-1)42-18-5-8-22-50(42)58(52)40-33-46(55-48(34-40)44-20-7-10-26-54(44)59-55)36-27-29-39(30-28-36)57(49-23-11-16-35-13-3-4-17-41(35)49)51-24-12-21-45-43-19-6-9-25-53(43)60-56(45)51/h1-34H. The van der Waals surface area contributed by atoms with Crippen molar-refractivity contribution in [2.24, 2.45) is 0 Å². The van der Waals surface area contributed by atoms with Gasteiger partial charge < -0.3 is 9.47 Å². The zero-order valence-electron chi connectivity index (χ0n) is 32.3. The number of thiophene rings is 2. The Morgan fingerprint density at radius 3 is 1.73 bits per heavy atom. The minimum Gasteiger partial charge on any atom is -0.309 e. The van der Waals surface area contributed by atoms with Crippen LogP contribution in [0.4, 0.5) is 17.1 Å². The smallest absolute Gasteiger partial charge is 0.0640 e. The molecule has 0 aliphatic carbocycles. The topological polar surface area (TPSA) is 8.17 Å². The third kappa shape index (κ3) is 5.05. The summed E-state index contributed by atoms with van der Waals surface area (Å²) in [6.45, 7) is 0. The van der Waals surface area contributed by atoms with Gasteiger partial charge in [-0.15, -0.1) is 22.7 Å². The Morgan fingerprint density at radius 1 is 0.350 bits per heavy atom. The fourth-order valence-electron chi connectivity index (χ4n) is 9.60. The molecule has 0 atom stereocenters. The van der Waals surface area contributed by atoms with Crippen LogP contribution in [0.1, 0.15) is 0 Å². The van der Waals surface area contributed by atoms with E-state index in [2.05, 4.69) is 216 Å². The van der Waals surface area contributed by atoms with Crippen LogP contribution >= 0.6 is 22.7 Å². The molecule has 10 aromatic carbocycles. The van der Waals surface area contributed by atoms with Crippen molar-refractivity contribution >= 4 is 123 Å². The summed E-state index contributed by atoms with van der Waals surface area (Å²) >= 11 is 3.76. The van der Waals surface area contributed by atoms with Crippen molar-refractivity contribution in [3.8, 4) is 16.8 Å². The molecule has 13 aromatic rings. The van der Waals surface area contributed by atoms with Gasteiger partial charge in [0.05, 0.1) is 27.1 Å². The van der Waals surface area contributed by atoms with Gasteiger partial charge in [-0.2, -0.15) is 0 Å². The molecule has 0 bridgehead atoms. The van der Waals surface area contributed by atoms with Crippen LogP contribution in [-0.2, 0) is 0 Å². The molecule has 60 heavy (non-hydrogen) atoms. The Balaban J connectivity index is 1.04. The molecule has 0 radical (unpaired) electrons. The van der Waals surface area contributed by atoms with Crippen molar-refractivity contribution in [1.82, 2.24) is 4.57 Å². The first-order chi connectivity index (χ1) is 29.7. The number of nitrogens with zero attached hydrogens (tertiary/aromatic N) is 2. The van der Waals surface area contributed by atoms with E-state index in [1.165, 1.54) is 112 Å². The molecular formula is C56H34N2S2. The molecule has 13 rings (SSSR count). The van der Waals surface area contributed by atoms with E-state index in [0.717, 1.165) is 5.69 Å². The lowest BCUT2D eigenvalue weighted by Gasteiger charge is -2.27. The van der Waals surface area contributed by atoms with Gasteiger partial charge in [-0.1, -0.05) is 140 Å². The average Bonchev–Trinajstić information content (AvgIpc) is 3.98. The van der Waals surface area contributed by atoms with Crippen LogP contribution in [0.3, 0.4) is 0 Å². The van der Waals surface area contributed by atoms with E-state index in [1.807, 2.05) is 22.7 Å². The number of fused-ring (bicyclic) bond motifs is 11. The van der Waals surface area contributed by atoms with E-state index in [-0.39, 0.29) is 0 Å². The molecule has 3 aromatic heterocycles. The predicted molar refractivity (Wildman–Crippen MR) is 262 cm³/mol. The van der Waals surface area contributed by atoms with Crippen LogP contribution in [-0.4, -0.2) is 4.57 Å². The monoisotopic (exact) mass is 798 g/mol. The van der Waals surface area contributed by atoms with E-state index in [0.29, 0.717) is 0 Å². The molecule has 0 N–H and O–H groups in total. The SMILES string of the molecule is c1ccc2cc3c(cc2c1)c1ccccc1n3-c1cc(-c2ccc(N(c3cccc4ccccc34)c3cccc4c3sc3ccccc34)cc2)c2sc3ccccc3c2c1. The highest BCUT2D eigenvalue weighted by molar-refractivity contribution is 7.26. The first-order valence-electron chi connectivity index (χ1n) is 20.4. The van der Waals surface area contributed by atoms with Crippen LogP contribution in [0.2, 0.25) is 0 Å². The highest BCUT2D eigenvalue weighted by Crippen LogP contribution is 2.48. The minimum atomic E-state index is 1.12. The molecule has 0 unspecified atom stereocenters. The number of para-hydroxylation sites is 1. The Hall–Kier alpha value is -7.24. The third-order valence-corrected chi connectivity index (χ3v) is 14.8. The molecule has 4 heteroatoms. The highest BCUT2D eigenvalue weighted by Gasteiger charge is 2.22. The van der Waals surface area contributed by atoms with Crippen molar-refractivity contribution in [2.75, 3.05) is 4.90 Å². The van der Waals surface area contributed by atoms with Gasteiger partial charge >= 0.3 is 0 Å². The van der Waals surface area contributed by atoms with Crippen LogP contribution < -0.4 is 4.90 Å². The van der Waals surface area contributed by atoms with Crippen molar-refractivity contribution in [3.63, 3.8) is 0 Å². The maximum atomic E-state index is 2.48. The number of benzene rings is 10. The number of hydrogen-bond donors (Lipinski definition) is 0. The molecule has 0 aliphatic heterocycles. The molecular weight excluding hydrogens is 765 g/mol. The lowest BCUT2D eigenvalue weighted by atomic mass is 10.00. The van der Waals surface area contributed by atoms with E-state index in [4.69, 9.17) is 0 Å². The summed E-state index contributed by atoms with van der Waals surface area (Å²) in [7, 11) is 0. The Labute approximate surface area is 354 Å². The molecule has 0 saturated carbocycles. The maximum absolute atomic E-state index is 2.48. The summed E-state index contributed by atoms with van der Waals surface area (Å²) in [6.07, 6.45) is 0. The fraction of sp³-hybridized carbons (Fsp3) is 0. The summed E-state index contributed by atoms with van der Waals surface area (Å²) < 4.78 is 7.68. The Kier molecular flexibility index (Phi) is 7.38. The summed E-state index contributed by atoms with van der Waals surface area (Å²) in [6, 6.07) is 76.3. The summed E-state index contributed by atoms with van der Waals surface area (Å²) in [4.78, 5) is 2.47. The maximum Gasteiger partial charge on any atom is 0.0640 e. The van der Waals surface area contributed by atoms with Crippen LogP contribution in [0.25, 0.3) is 101 Å². The molecule has 280 valence electrons. The van der Waals surface area contributed by atoms with E-state index in [1.54, 1.807) is 0 Å². The quantitative estimate of drug-likeness (QED) is 0.168. The van der Waals surface area contributed by atoms with E-state index < -0.39 is 0 Å². The number of aromatic nitrogens is 1. The van der Waals surface area contributed by atoms with E-state index >= 15 is 0 Å². The van der Waals surface area contributed by atoms with Gasteiger partial charge in [-0.05, 0) is 88.5 Å². The first kappa shape index (κ1) is 33.7.